The van der Waals surface area contributed by atoms with Crippen LogP contribution in [0.5, 0.6) is 0 Å². The van der Waals surface area contributed by atoms with Crippen molar-refractivity contribution in [2.24, 2.45) is 0 Å². The molecule has 0 fully saturated rings. The van der Waals surface area contributed by atoms with Crippen LogP contribution in [-0.4, -0.2) is 0 Å². The minimum Gasteiger partial charge on any atom is -0.204 e. The van der Waals surface area contributed by atoms with E-state index in [1.54, 1.807) is 0 Å². The van der Waals surface area contributed by atoms with Crippen LogP contribution in [0.15, 0.2) is 6.07 Å². The van der Waals surface area contributed by atoms with Crippen LogP contribution in [0.4, 0.5) is 22.0 Å². The molecule has 0 bridgehead atoms. The van der Waals surface area contributed by atoms with Gasteiger partial charge < -0.3 is 0 Å². The predicted molar refractivity (Wildman–Crippen MR) is 26.2 cm³/mol. The Morgan fingerprint density at radius 1 is 0.667 bits per heavy atom. The molecule has 0 amide bonds. The maximum atomic E-state index is 12.0. The molecular formula is C6HF5Pt. The zero-order valence-corrected chi connectivity index (χ0v) is 7.56. The summed E-state index contributed by atoms with van der Waals surface area (Å²) in [5.41, 5.74) is 0. The molecule has 0 saturated heterocycles. The topological polar surface area (TPSA) is 0 Å². The van der Waals surface area contributed by atoms with E-state index < -0.39 is 29.1 Å². The minimum atomic E-state index is -2.14. The quantitative estimate of drug-likeness (QED) is 0.377. The molecule has 12 heavy (non-hydrogen) atoms. The van der Waals surface area contributed by atoms with E-state index in [0.717, 1.165) is 0 Å². The summed E-state index contributed by atoms with van der Waals surface area (Å²) in [4.78, 5) is 0. The Kier molecular flexibility index (Phi) is 3.84. The molecule has 1 aromatic rings. The van der Waals surface area contributed by atoms with Crippen molar-refractivity contribution in [2.45, 2.75) is 0 Å². The number of rotatable bonds is 0. The fraction of sp³-hybridized carbons (Fsp3) is 0. The van der Waals surface area contributed by atoms with Crippen molar-refractivity contribution >= 4 is 0 Å². The molecule has 0 saturated carbocycles. The van der Waals surface area contributed by atoms with E-state index >= 15 is 0 Å². The summed E-state index contributed by atoms with van der Waals surface area (Å²) in [6.07, 6.45) is 0. The Labute approximate surface area is 78.6 Å². The summed E-state index contributed by atoms with van der Waals surface area (Å²) in [6, 6.07) is -0.0618. The second kappa shape index (κ2) is 3.99. The molecule has 0 nitrogen and oxygen atoms in total. The van der Waals surface area contributed by atoms with Crippen molar-refractivity contribution in [3.05, 3.63) is 35.2 Å². The summed E-state index contributed by atoms with van der Waals surface area (Å²) >= 11 is 0. The van der Waals surface area contributed by atoms with Gasteiger partial charge in [-0.2, -0.15) is 0 Å². The molecule has 0 aliphatic heterocycles. The molecule has 0 spiro atoms. The van der Waals surface area contributed by atoms with E-state index in [-0.39, 0.29) is 27.1 Å². The minimum absolute atomic E-state index is 0. The Hall–Kier alpha value is -0.442. The number of hydrogen-bond acceptors (Lipinski definition) is 0. The van der Waals surface area contributed by atoms with Crippen molar-refractivity contribution in [3.8, 4) is 0 Å². The molecule has 0 aromatic heterocycles. The SMILES string of the molecule is Fc1cc(F)c(F)c(F)c1F.[Pt]. The van der Waals surface area contributed by atoms with E-state index in [2.05, 4.69) is 0 Å². The number of hydrogen-bond donors (Lipinski definition) is 0. The van der Waals surface area contributed by atoms with Crippen molar-refractivity contribution in [2.75, 3.05) is 0 Å². The molecule has 0 atom stereocenters. The second-order valence-corrected chi connectivity index (χ2v) is 1.78. The van der Waals surface area contributed by atoms with Gasteiger partial charge in [-0.3, -0.25) is 0 Å². The van der Waals surface area contributed by atoms with Crippen LogP contribution in [0.25, 0.3) is 0 Å². The van der Waals surface area contributed by atoms with Crippen LogP contribution in [0.1, 0.15) is 0 Å². The van der Waals surface area contributed by atoms with Gasteiger partial charge in [0.2, 0.25) is 5.82 Å². The van der Waals surface area contributed by atoms with E-state index in [9.17, 15) is 22.0 Å². The van der Waals surface area contributed by atoms with Crippen LogP contribution in [0, 0.1) is 29.1 Å². The molecule has 1 rings (SSSR count). The van der Waals surface area contributed by atoms with Crippen LogP contribution in [0.2, 0.25) is 0 Å². The second-order valence-electron chi connectivity index (χ2n) is 1.78. The largest absolute Gasteiger partial charge is 0.204 e. The van der Waals surface area contributed by atoms with Crippen molar-refractivity contribution in [3.63, 3.8) is 0 Å². The first-order valence-corrected chi connectivity index (χ1v) is 2.52. The summed E-state index contributed by atoms with van der Waals surface area (Å²) < 4.78 is 60.0. The molecule has 0 unspecified atom stereocenters. The molecule has 1 aromatic carbocycles. The van der Waals surface area contributed by atoms with Gasteiger partial charge in [0.05, 0.1) is 0 Å². The first-order valence-electron chi connectivity index (χ1n) is 2.52. The van der Waals surface area contributed by atoms with Gasteiger partial charge >= 0.3 is 0 Å². The maximum absolute atomic E-state index is 12.0. The van der Waals surface area contributed by atoms with E-state index in [1.807, 2.05) is 0 Å². The molecule has 0 radical (unpaired) electrons. The normalized spacial score (nSPS) is 9.42. The van der Waals surface area contributed by atoms with Crippen LogP contribution in [0.3, 0.4) is 0 Å². The first-order chi connectivity index (χ1) is 5.04. The third-order valence-corrected chi connectivity index (χ3v) is 1.06. The Morgan fingerprint density at radius 3 is 1.33 bits per heavy atom. The Morgan fingerprint density at radius 2 is 1.00 bits per heavy atom. The monoisotopic (exact) mass is 363 g/mol. The van der Waals surface area contributed by atoms with Gasteiger partial charge in [-0.15, -0.1) is 0 Å². The predicted octanol–water partition coefficient (Wildman–Crippen LogP) is 2.38. The van der Waals surface area contributed by atoms with Gasteiger partial charge in [0.25, 0.3) is 0 Å². The smallest absolute Gasteiger partial charge is 0.200 e. The third-order valence-electron chi connectivity index (χ3n) is 1.06. The molecule has 0 aliphatic carbocycles. The van der Waals surface area contributed by atoms with Gasteiger partial charge in [-0.25, -0.2) is 22.0 Å². The average molecular weight is 363 g/mol. The van der Waals surface area contributed by atoms with Gasteiger partial charge in [-0.05, 0) is 0 Å². The first kappa shape index (κ1) is 11.6. The van der Waals surface area contributed by atoms with E-state index in [1.165, 1.54) is 0 Å². The molecular weight excluding hydrogens is 362 g/mol. The standard InChI is InChI=1S/C6HF5.Pt/c7-2-1-3(8)5(10)6(11)4(2)9;/h1H;. The third kappa shape index (κ3) is 1.83. The Balaban J connectivity index is 0.00000121. The molecule has 0 aliphatic rings. The zero-order chi connectivity index (χ0) is 8.59. The van der Waals surface area contributed by atoms with Gasteiger partial charge in [0.1, 0.15) is 0 Å². The fourth-order valence-electron chi connectivity index (χ4n) is 0.544. The average Bonchev–Trinajstić information content (AvgIpc) is 1.97. The van der Waals surface area contributed by atoms with Crippen LogP contribution in [-0.2, 0) is 21.1 Å². The molecule has 0 N–H and O–H groups in total. The van der Waals surface area contributed by atoms with Crippen LogP contribution >= 0.6 is 0 Å². The summed E-state index contributed by atoms with van der Waals surface area (Å²) in [7, 11) is 0. The van der Waals surface area contributed by atoms with Crippen LogP contribution < -0.4 is 0 Å². The van der Waals surface area contributed by atoms with Crippen molar-refractivity contribution in [1.82, 2.24) is 0 Å². The van der Waals surface area contributed by atoms with Gasteiger partial charge in [0, 0.05) is 27.1 Å². The van der Waals surface area contributed by atoms with Crippen molar-refractivity contribution < 1.29 is 43.0 Å². The molecule has 6 heteroatoms. The van der Waals surface area contributed by atoms with E-state index in [0.29, 0.717) is 0 Å². The number of halogens is 5. The van der Waals surface area contributed by atoms with Gasteiger partial charge in [0.15, 0.2) is 23.3 Å². The number of benzene rings is 1. The van der Waals surface area contributed by atoms with E-state index in [4.69, 9.17) is 0 Å². The maximum Gasteiger partial charge on any atom is 0.200 e. The molecule has 0 heterocycles. The summed E-state index contributed by atoms with van der Waals surface area (Å²) in [5.74, 6) is -9.65. The fourth-order valence-corrected chi connectivity index (χ4v) is 0.544. The Bertz CT molecular complexity index is 272. The van der Waals surface area contributed by atoms with Gasteiger partial charge in [-0.1, -0.05) is 0 Å². The van der Waals surface area contributed by atoms with Crippen molar-refractivity contribution in [1.29, 1.82) is 0 Å². The molecule has 70 valence electrons. The summed E-state index contributed by atoms with van der Waals surface area (Å²) in [5, 5.41) is 0. The zero-order valence-electron chi connectivity index (χ0n) is 5.28. The summed E-state index contributed by atoms with van der Waals surface area (Å²) in [6.45, 7) is 0.